The summed E-state index contributed by atoms with van der Waals surface area (Å²) in [6, 6.07) is 10.1. The van der Waals surface area contributed by atoms with Crippen LogP contribution in [0.15, 0.2) is 61.1 Å². The number of imidazole rings is 1. The van der Waals surface area contributed by atoms with Crippen molar-refractivity contribution in [3.63, 3.8) is 0 Å². The van der Waals surface area contributed by atoms with E-state index in [0.29, 0.717) is 11.5 Å². The van der Waals surface area contributed by atoms with Gasteiger partial charge in [0.2, 0.25) is 0 Å². The van der Waals surface area contributed by atoms with Gasteiger partial charge in [-0.15, -0.1) is 0 Å². The number of halogens is 3. The lowest BCUT2D eigenvalue weighted by molar-refractivity contribution is -0.137. The molecule has 1 N–H and O–H groups in total. The lowest BCUT2D eigenvalue weighted by Crippen LogP contribution is -2.28. The summed E-state index contributed by atoms with van der Waals surface area (Å²) in [5.74, 6) is 0.535. The minimum Gasteiger partial charge on any atom is -0.384 e. The quantitative estimate of drug-likeness (QED) is 0.779. The molecule has 3 aromatic rings. The first-order valence-corrected chi connectivity index (χ1v) is 7.60. The highest BCUT2D eigenvalue weighted by Gasteiger charge is 2.33. The van der Waals surface area contributed by atoms with Gasteiger partial charge in [0.25, 0.3) is 0 Å². The Kier molecular flexibility index (Phi) is 4.34. The van der Waals surface area contributed by atoms with Crippen LogP contribution in [0.2, 0.25) is 0 Å². The van der Waals surface area contributed by atoms with Crippen molar-refractivity contribution in [2.75, 3.05) is 0 Å². The van der Waals surface area contributed by atoms with Crippen molar-refractivity contribution in [3.05, 3.63) is 72.2 Å². The molecule has 0 bridgehead atoms. The highest BCUT2D eigenvalue weighted by molar-refractivity contribution is 5.49. The van der Waals surface area contributed by atoms with Gasteiger partial charge in [0.1, 0.15) is 11.3 Å². The molecule has 3 rings (SSSR count). The second-order valence-electron chi connectivity index (χ2n) is 5.95. The van der Waals surface area contributed by atoms with E-state index >= 15 is 0 Å². The Balaban J connectivity index is 1.92. The van der Waals surface area contributed by atoms with Crippen LogP contribution < -0.4 is 0 Å². The van der Waals surface area contributed by atoms with Gasteiger partial charge in [-0.3, -0.25) is 4.98 Å². The van der Waals surface area contributed by atoms with Crippen molar-refractivity contribution in [2.24, 2.45) is 0 Å². The molecule has 0 radical (unpaired) electrons. The predicted octanol–water partition coefficient (Wildman–Crippen LogP) is 3.87. The third-order valence-electron chi connectivity index (χ3n) is 3.90. The lowest BCUT2D eigenvalue weighted by Gasteiger charge is -2.26. The Hall–Kier alpha value is -2.67. The molecule has 7 heteroatoms. The van der Waals surface area contributed by atoms with E-state index in [-0.39, 0.29) is 12.1 Å². The molecule has 2 heterocycles. The van der Waals surface area contributed by atoms with Gasteiger partial charge in [-0.05, 0) is 36.8 Å². The molecule has 0 amide bonds. The van der Waals surface area contributed by atoms with Crippen LogP contribution in [0.4, 0.5) is 13.2 Å². The number of hydrogen-bond acceptors (Lipinski definition) is 3. The highest BCUT2D eigenvalue weighted by atomic mass is 19.4. The van der Waals surface area contributed by atoms with Crippen LogP contribution in [0.3, 0.4) is 0 Å². The SMILES string of the molecule is CC(O)(Cn1ccnc1-c1ccccn1)c1cccc(C(F)(F)F)c1. The molecule has 0 saturated heterocycles. The molecule has 0 fully saturated rings. The summed E-state index contributed by atoms with van der Waals surface area (Å²) in [6.45, 7) is 1.52. The van der Waals surface area contributed by atoms with Crippen LogP contribution in [0, 0.1) is 0 Å². The lowest BCUT2D eigenvalue weighted by atomic mass is 9.94. The summed E-state index contributed by atoms with van der Waals surface area (Å²) >= 11 is 0. The number of hydrogen-bond donors (Lipinski definition) is 1. The van der Waals surface area contributed by atoms with Crippen molar-refractivity contribution >= 4 is 0 Å². The smallest absolute Gasteiger partial charge is 0.384 e. The summed E-state index contributed by atoms with van der Waals surface area (Å²) in [7, 11) is 0. The van der Waals surface area contributed by atoms with Gasteiger partial charge < -0.3 is 9.67 Å². The van der Waals surface area contributed by atoms with Crippen LogP contribution in [0.1, 0.15) is 18.1 Å². The van der Waals surface area contributed by atoms with E-state index < -0.39 is 17.3 Å². The second-order valence-corrected chi connectivity index (χ2v) is 5.95. The van der Waals surface area contributed by atoms with E-state index in [9.17, 15) is 18.3 Å². The molecule has 0 saturated carbocycles. The van der Waals surface area contributed by atoms with Gasteiger partial charge in [0.05, 0.1) is 12.1 Å². The molecule has 0 aliphatic rings. The first kappa shape index (κ1) is 17.2. The minimum absolute atomic E-state index is 0.0419. The molecule has 1 unspecified atom stereocenters. The zero-order valence-corrected chi connectivity index (χ0v) is 13.4. The highest BCUT2D eigenvalue weighted by Crippen LogP contribution is 2.33. The molecule has 1 atom stereocenters. The number of nitrogens with zero attached hydrogens (tertiary/aromatic N) is 3. The summed E-state index contributed by atoms with van der Waals surface area (Å²) < 4.78 is 40.4. The van der Waals surface area contributed by atoms with Gasteiger partial charge in [-0.2, -0.15) is 13.2 Å². The first-order chi connectivity index (χ1) is 11.8. The van der Waals surface area contributed by atoms with E-state index in [1.54, 1.807) is 35.3 Å². The van der Waals surface area contributed by atoms with Crippen LogP contribution in [0.5, 0.6) is 0 Å². The number of benzene rings is 1. The van der Waals surface area contributed by atoms with Gasteiger partial charge in [0.15, 0.2) is 5.82 Å². The van der Waals surface area contributed by atoms with Crippen molar-refractivity contribution in [3.8, 4) is 11.5 Å². The number of rotatable bonds is 4. The van der Waals surface area contributed by atoms with Crippen molar-refractivity contribution < 1.29 is 18.3 Å². The number of pyridine rings is 1. The van der Waals surface area contributed by atoms with E-state index in [0.717, 1.165) is 12.1 Å². The van der Waals surface area contributed by atoms with E-state index in [4.69, 9.17) is 0 Å². The molecule has 0 spiro atoms. The Morgan fingerprint density at radius 2 is 1.76 bits per heavy atom. The number of aromatic nitrogens is 3. The zero-order valence-electron chi connectivity index (χ0n) is 13.4. The van der Waals surface area contributed by atoms with Gasteiger partial charge in [0, 0.05) is 18.6 Å². The molecule has 130 valence electrons. The minimum atomic E-state index is -4.46. The second kappa shape index (κ2) is 6.33. The Morgan fingerprint density at radius 3 is 2.44 bits per heavy atom. The summed E-state index contributed by atoms with van der Waals surface area (Å²) in [5.41, 5.74) is -1.50. The summed E-state index contributed by atoms with van der Waals surface area (Å²) in [6.07, 6.45) is 0.387. The maximum atomic E-state index is 12.9. The maximum absolute atomic E-state index is 12.9. The van der Waals surface area contributed by atoms with E-state index in [2.05, 4.69) is 9.97 Å². The largest absolute Gasteiger partial charge is 0.416 e. The topological polar surface area (TPSA) is 50.9 Å². The Labute approximate surface area is 142 Å². The van der Waals surface area contributed by atoms with Crippen LogP contribution >= 0.6 is 0 Å². The molecule has 0 aliphatic carbocycles. The fraction of sp³-hybridized carbons (Fsp3) is 0.222. The average molecular weight is 347 g/mol. The van der Waals surface area contributed by atoms with Gasteiger partial charge in [-0.25, -0.2) is 4.98 Å². The number of alkyl halides is 3. The fourth-order valence-corrected chi connectivity index (χ4v) is 2.62. The van der Waals surface area contributed by atoms with Crippen molar-refractivity contribution in [1.29, 1.82) is 0 Å². The number of aliphatic hydroxyl groups is 1. The zero-order chi connectivity index (χ0) is 18.1. The molecule has 2 aromatic heterocycles. The van der Waals surface area contributed by atoms with Crippen LogP contribution in [-0.4, -0.2) is 19.6 Å². The molecule has 1 aromatic carbocycles. The van der Waals surface area contributed by atoms with Crippen LogP contribution in [0.25, 0.3) is 11.5 Å². The van der Waals surface area contributed by atoms with Crippen LogP contribution in [-0.2, 0) is 18.3 Å². The third-order valence-corrected chi connectivity index (χ3v) is 3.90. The third kappa shape index (κ3) is 3.71. The Morgan fingerprint density at radius 1 is 1.00 bits per heavy atom. The normalized spacial score (nSPS) is 14.3. The monoisotopic (exact) mass is 347 g/mol. The Bertz CT molecular complexity index is 857. The molecular weight excluding hydrogens is 331 g/mol. The van der Waals surface area contributed by atoms with Gasteiger partial charge >= 0.3 is 6.18 Å². The van der Waals surface area contributed by atoms with E-state index in [1.165, 1.54) is 19.1 Å². The maximum Gasteiger partial charge on any atom is 0.416 e. The standard InChI is InChI=1S/C18H16F3N3O/c1-17(25,13-5-4-6-14(11-13)18(19,20)21)12-24-10-9-23-16(24)15-7-2-3-8-22-15/h2-11,25H,12H2,1H3. The van der Waals surface area contributed by atoms with Gasteiger partial charge in [-0.1, -0.05) is 18.2 Å². The fourth-order valence-electron chi connectivity index (χ4n) is 2.62. The first-order valence-electron chi connectivity index (χ1n) is 7.60. The predicted molar refractivity (Wildman–Crippen MR) is 86.5 cm³/mol. The average Bonchev–Trinajstić information content (AvgIpc) is 3.02. The molecule has 4 nitrogen and oxygen atoms in total. The molecular formula is C18H16F3N3O. The van der Waals surface area contributed by atoms with Crippen molar-refractivity contribution in [1.82, 2.24) is 14.5 Å². The molecule has 0 aliphatic heterocycles. The summed E-state index contributed by atoms with van der Waals surface area (Å²) in [5, 5.41) is 10.8. The molecule has 25 heavy (non-hydrogen) atoms. The van der Waals surface area contributed by atoms with Crippen molar-refractivity contribution in [2.45, 2.75) is 25.2 Å². The van der Waals surface area contributed by atoms with E-state index in [1.807, 2.05) is 6.07 Å². The summed E-state index contributed by atoms with van der Waals surface area (Å²) in [4.78, 5) is 8.45.